The minimum atomic E-state index is -0.318. The molecule has 0 aromatic heterocycles. The number of fused-ring (bicyclic) bond motifs is 5. The highest BCUT2D eigenvalue weighted by molar-refractivity contribution is 6.62. The normalized spacial score (nSPS) is 28.0. The maximum Gasteiger partial charge on any atom is 0.494 e. The van der Waals surface area contributed by atoms with Crippen LogP contribution in [0, 0.1) is 5.92 Å². The fraction of sp³-hybridized carbons (Fsp3) is 0.440. The molecule has 1 heterocycles. The second-order valence-electron chi connectivity index (χ2n) is 10.1. The van der Waals surface area contributed by atoms with Gasteiger partial charge in [0.2, 0.25) is 0 Å². The Morgan fingerprint density at radius 2 is 1.50 bits per heavy atom. The van der Waals surface area contributed by atoms with Crippen LogP contribution in [0.15, 0.2) is 48.5 Å². The first-order valence-electron chi connectivity index (χ1n) is 10.4. The van der Waals surface area contributed by atoms with Crippen LogP contribution < -0.4 is 5.46 Å². The third kappa shape index (κ3) is 2.36. The summed E-state index contributed by atoms with van der Waals surface area (Å²) in [4.78, 5) is 0. The van der Waals surface area contributed by atoms with Crippen LogP contribution in [-0.2, 0) is 14.7 Å². The van der Waals surface area contributed by atoms with Crippen molar-refractivity contribution in [3.8, 4) is 0 Å². The standard InChI is InChI=1S/C25H29BO2/c1-23(2)20-14-11-16-9-7-8-10-18(16)22(20)19-13-12-17(15-21(19)23)26-27-24(3,4)25(5,6)28-26/h7-15,20,22H,1-6H3. The van der Waals surface area contributed by atoms with Gasteiger partial charge in [-0.2, -0.15) is 0 Å². The van der Waals surface area contributed by atoms with Crippen LogP contribution in [-0.4, -0.2) is 18.3 Å². The zero-order chi connectivity index (χ0) is 19.9. The molecule has 0 spiro atoms. The quantitative estimate of drug-likeness (QED) is 0.652. The molecule has 3 heteroatoms. The summed E-state index contributed by atoms with van der Waals surface area (Å²) in [5.74, 6) is 0.907. The van der Waals surface area contributed by atoms with Crippen molar-refractivity contribution in [1.29, 1.82) is 0 Å². The lowest BCUT2D eigenvalue weighted by Crippen LogP contribution is -2.41. The molecule has 0 radical (unpaired) electrons. The largest absolute Gasteiger partial charge is 0.494 e. The van der Waals surface area contributed by atoms with Crippen LogP contribution >= 0.6 is 0 Å². The molecule has 0 amide bonds. The van der Waals surface area contributed by atoms with E-state index in [0.29, 0.717) is 11.8 Å². The highest BCUT2D eigenvalue weighted by Crippen LogP contribution is 2.55. The van der Waals surface area contributed by atoms with Gasteiger partial charge in [0, 0.05) is 5.92 Å². The topological polar surface area (TPSA) is 18.5 Å². The van der Waals surface area contributed by atoms with Crippen LogP contribution in [0.25, 0.3) is 6.08 Å². The van der Waals surface area contributed by atoms with Gasteiger partial charge in [0.1, 0.15) is 0 Å². The highest BCUT2D eigenvalue weighted by Gasteiger charge is 2.53. The van der Waals surface area contributed by atoms with Gasteiger partial charge in [-0.25, -0.2) is 0 Å². The fourth-order valence-electron chi connectivity index (χ4n) is 5.18. The first-order chi connectivity index (χ1) is 13.1. The number of rotatable bonds is 1. The molecule has 1 fully saturated rings. The summed E-state index contributed by atoms with van der Waals surface area (Å²) in [5, 5.41) is 0. The molecule has 2 aliphatic carbocycles. The number of hydrogen-bond acceptors (Lipinski definition) is 2. The molecule has 2 atom stereocenters. The Kier molecular flexibility index (Phi) is 3.65. The zero-order valence-electron chi connectivity index (χ0n) is 17.7. The lowest BCUT2D eigenvalue weighted by atomic mass is 9.70. The van der Waals surface area contributed by atoms with Crippen molar-refractivity contribution >= 4 is 18.7 Å². The van der Waals surface area contributed by atoms with E-state index in [0.717, 1.165) is 5.46 Å². The minimum Gasteiger partial charge on any atom is -0.399 e. The van der Waals surface area contributed by atoms with Gasteiger partial charge in [-0.3, -0.25) is 0 Å². The average Bonchev–Trinajstić information content (AvgIpc) is 3.01. The average molecular weight is 372 g/mol. The monoisotopic (exact) mass is 372 g/mol. The molecule has 2 nitrogen and oxygen atoms in total. The molecule has 0 bridgehead atoms. The molecule has 0 N–H and O–H groups in total. The second-order valence-corrected chi connectivity index (χ2v) is 10.1. The number of benzene rings is 2. The van der Waals surface area contributed by atoms with Gasteiger partial charge in [0.05, 0.1) is 11.2 Å². The van der Waals surface area contributed by atoms with E-state index in [2.05, 4.69) is 96.2 Å². The van der Waals surface area contributed by atoms with Crippen LogP contribution in [0.5, 0.6) is 0 Å². The summed E-state index contributed by atoms with van der Waals surface area (Å²) in [6, 6.07) is 15.7. The Bertz CT molecular complexity index is 970. The van der Waals surface area contributed by atoms with E-state index in [-0.39, 0.29) is 23.7 Å². The van der Waals surface area contributed by atoms with Gasteiger partial charge >= 0.3 is 7.12 Å². The van der Waals surface area contributed by atoms with Crippen molar-refractivity contribution in [2.75, 3.05) is 0 Å². The second kappa shape index (κ2) is 5.61. The number of hydrogen-bond donors (Lipinski definition) is 0. The summed E-state index contributed by atoms with van der Waals surface area (Å²) >= 11 is 0. The molecule has 5 rings (SSSR count). The van der Waals surface area contributed by atoms with Crippen LogP contribution in [0.3, 0.4) is 0 Å². The van der Waals surface area contributed by atoms with E-state index in [1.807, 2.05) is 0 Å². The Morgan fingerprint density at radius 3 is 2.21 bits per heavy atom. The molecule has 0 saturated carbocycles. The number of allylic oxidation sites excluding steroid dienone is 1. The molecule has 2 aromatic rings. The third-order valence-electron chi connectivity index (χ3n) is 7.64. The van der Waals surface area contributed by atoms with Crippen LogP contribution in [0.2, 0.25) is 0 Å². The predicted molar refractivity (Wildman–Crippen MR) is 116 cm³/mol. The van der Waals surface area contributed by atoms with Crippen molar-refractivity contribution in [1.82, 2.24) is 0 Å². The highest BCUT2D eigenvalue weighted by atomic mass is 16.7. The van der Waals surface area contributed by atoms with E-state index >= 15 is 0 Å². The van der Waals surface area contributed by atoms with Crippen LogP contribution in [0.1, 0.15) is 69.7 Å². The van der Waals surface area contributed by atoms with Crippen LogP contribution in [0.4, 0.5) is 0 Å². The van der Waals surface area contributed by atoms with Crippen molar-refractivity contribution in [2.45, 2.75) is 64.1 Å². The first-order valence-corrected chi connectivity index (χ1v) is 10.4. The van der Waals surface area contributed by atoms with Crippen molar-refractivity contribution < 1.29 is 9.31 Å². The maximum atomic E-state index is 6.32. The molecule has 2 aromatic carbocycles. The summed E-state index contributed by atoms with van der Waals surface area (Å²) in [5.41, 5.74) is 6.24. The van der Waals surface area contributed by atoms with Crippen molar-refractivity contribution in [3.63, 3.8) is 0 Å². The lowest BCUT2D eigenvalue weighted by molar-refractivity contribution is 0.00578. The molecule has 1 saturated heterocycles. The van der Waals surface area contributed by atoms with E-state index < -0.39 is 0 Å². The van der Waals surface area contributed by atoms with Gasteiger partial charge in [-0.15, -0.1) is 0 Å². The summed E-state index contributed by atoms with van der Waals surface area (Å²) in [7, 11) is -0.309. The Balaban J connectivity index is 1.60. The van der Waals surface area contributed by atoms with Crippen molar-refractivity contribution in [2.24, 2.45) is 5.92 Å². The van der Waals surface area contributed by atoms with Gasteiger partial charge in [-0.1, -0.05) is 68.5 Å². The van der Waals surface area contributed by atoms with E-state index in [1.165, 1.54) is 22.3 Å². The van der Waals surface area contributed by atoms with Gasteiger partial charge in [0.15, 0.2) is 0 Å². The Hall–Kier alpha value is -1.84. The Labute approximate surface area is 169 Å². The van der Waals surface area contributed by atoms with E-state index in [9.17, 15) is 0 Å². The van der Waals surface area contributed by atoms with E-state index in [1.54, 1.807) is 0 Å². The van der Waals surface area contributed by atoms with Gasteiger partial charge in [0.25, 0.3) is 0 Å². The maximum absolute atomic E-state index is 6.32. The summed E-state index contributed by atoms with van der Waals surface area (Å²) in [6.07, 6.45) is 4.72. The Morgan fingerprint density at radius 1 is 0.821 bits per heavy atom. The summed E-state index contributed by atoms with van der Waals surface area (Å²) < 4.78 is 12.6. The van der Waals surface area contributed by atoms with Gasteiger partial charge in [-0.05, 0) is 66.7 Å². The molecular weight excluding hydrogens is 343 g/mol. The van der Waals surface area contributed by atoms with Crippen molar-refractivity contribution in [3.05, 3.63) is 70.8 Å². The molecule has 3 aliphatic rings. The molecular formula is C25H29BO2. The molecule has 2 unspecified atom stereocenters. The van der Waals surface area contributed by atoms with E-state index in [4.69, 9.17) is 9.31 Å². The molecule has 28 heavy (non-hydrogen) atoms. The SMILES string of the molecule is CC1(C)c2cc(B3OC(C)(C)C(C)(C)O3)ccc2C2c3ccccc3C=CC21. The first kappa shape index (κ1) is 18.2. The summed E-state index contributed by atoms with van der Waals surface area (Å²) in [6.45, 7) is 13.2. The molecule has 1 aliphatic heterocycles. The smallest absolute Gasteiger partial charge is 0.399 e. The fourth-order valence-corrected chi connectivity index (χ4v) is 5.18. The minimum absolute atomic E-state index is 0.0731. The van der Waals surface area contributed by atoms with Gasteiger partial charge < -0.3 is 9.31 Å². The molecule has 144 valence electrons. The lowest BCUT2D eigenvalue weighted by Gasteiger charge is -2.32. The predicted octanol–water partition coefficient (Wildman–Crippen LogP) is 5.05. The third-order valence-corrected chi connectivity index (χ3v) is 7.64. The zero-order valence-corrected chi connectivity index (χ0v) is 17.7.